The number of nitrogens with zero attached hydrogens (tertiary/aromatic N) is 6. The highest BCUT2D eigenvalue weighted by Gasteiger charge is 2.41. The minimum atomic E-state index is -2.03. The topological polar surface area (TPSA) is 117 Å². The van der Waals surface area contributed by atoms with Gasteiger partial charge < -0.3 is 9.84 Å². The molecule has 0 aliphatic carbocycles. The number of carbonyl (C=O) groups excluding carboxylic acids is 1. The summed E-state index contributed by atoms with van der Waals surface area (Å²) in [5.74, 6) is -2.47. The van der Waals surface area contributed by atoms with Crippen LogP contribution in [0.3, 0.4) is 0 Å². The number of hydrogen-bond donors (Lipinski definition) is 1. The number of ether oxygens (including phenoxy) is 1. The fourth-order valence-corrected chi connectivity index (χ4v) is 3.67. The molecule has 0 aliphatic rings. The lowest BCUT2D eigenvalue weighted by atomic mass is 9.86. The van der Waals surface area contributed by atoms with E-state index in [1.165, 1.54) is 47.3 Å². The third-order valence-electron chi connectivity index (χ3n) is 5.40. The Morgan fingerprint density at radius 1 is 1.30 bits per heavy atom. The summed E-state index contributed by atoms with van der Waals surface area (Å²) in [6.45, 7) is 3.02. The van der Waals surface area contributed by atoms with Crippen LogP contribution in [0.1, 0.15) is 35.9 Å². The van der Waals surface area contributed by atoms with Gasteiger partial charge in [-0.3, -0.25) is 8.97 Å². The summed E-state index contributed by atoms with van der Waals surface area (Å²) in [7, 11) is 0. The minimum Gasteiger partial charge on any atom is -0.461 e. The highest BCUT2D eigenvalue weighted by atomic mass is 19.1. The molecule has 2 atom stereocenters. The first kappa shape index (κ1) is 22.3. The van der Waals surface area contributed by atoms with Gasteiger partial charge in [0.2, 0.25) is 0 Å². The number of aromatic nitrogens is 6. The SMILES string of the molecule is CCOC(=O)c1cn2c(=O)n([C@H](C)[C@](O)(Cn3cncn3)c3ccc(F)cc3F)ccc2n1. The monoisotopic (exact) mass is 458 g/mol. The first-order valence-electron chi connectivity index (χ1n) is 10.0. The molecule has 10 nitrogen and oxygen atoms in total. The van der Waals surface area contributed by atoms with Gasteiger partial charge in [-0.05, 0) is 26.0 Å². The Morgan fingerprint density at radius 3 is 2.76 bits per heavy atom. The Labute approximate surface area is 185 Å². The van der Waals surface area contributed by atoms with E-state index in [1.807, 2.05) is 0 Å². The maximum Gasteiger partial charge on any atom is 0.358 e. The molecule has 3 heterocycles. The molecule has 0 unspecified atom stereocenters. The number of rotatable bonds is 7. The van der Waals surface area contributed by atoms with Crippen molar-refractivity contribution in [2.75, 3.05) is 6.61 Å². The molecule has 0 saturated carbocycles. The second-order valence-corrected chi connectivity index (χ2v) is 7.40. The van der Waals surface area contributed by atoms with Crippen LogP contribution in [0.25, 0.3) is 5.65 Å². The molecule has 33 heavy (non-hydrogen) atoms. The second-order valence-electron chi connectivity index (χ2n) is 7.40. The van der Waals surface area contributed by atoms with E-state index in [4.69, 9.17) is 4.74 Å². The van der Waals surface area contributed by atoms with Crippen molar-refractivity contribution in [3.05, 3.63) is 82.7 Å². The van der Waals surface area contributed by atoms with Crippen molar-refractivity contribution < 1.29 is 23.4 Å². The number of esters is 1. The third-order valence-corrected chi connectivity index (χ3v) is 5.40. The summed E-state index contributed by atoms with van der Waals surface area (Å²) in [4.78, 5) is 33.1. The van der Waals surface area contributed by atoms with Crippen LogP contribution in [-0.2, 0) is 16.9 Å². The molecule has 1 aromatic carbocycles. The van der Waals surface area contributed by atoms with E-state index in [2.05, 4.69) is 15.1 Å². The van der Waals surface area contributed by atoms with E-state index in [9.17, 15) is 23.5 Å². The van der Waals surface area contributed by atoms with E-state index in [0.717, 1.165) is 16.5 Å². The van der Waals surface area contributed by atoms with E-state index in [-0.39, 0.29) is 30.1 Å². The Balaban J connectivity index is 1.83. The molecular formula is C21H20F2N6O4. The molecule has 3 aromatic heterocycles. The van der Waals surface area contributed by atoms with Crippen LogP contribution >= 0.6 is 0 Å². The summed E-state index contributed by atoms with van der Waals surface area (Å²) < 4.78 is 36.8. The molecule has 0 fully saturated rings. The van der Waals surface area contributed by atoms with Crippen molar-refractivity contribution in [1.29, 1.82) is 0 Å². The second kappa shape index (κ2) is 8.54. The molecule has 4 rings (SSSR count). The van der Waals surface area contributed by atoms with Crippen LogP contribution in [0.15, 0.2) is 54.1 Å². The van der Waals surface area contributed by atoms with Gasteiger partial charge in [0.05, 0.1) is 19.2 Å². The van der Waals surface area contributed by atoms with Gasteiger partial charge in [0.1, 0.15) is 35.5 Å². The molecule has 0 spiro atoms. The molecule has 172 valence electrons. The summed E-state index contributed by atoms with van der Waals surface area (Å²) in [6, 6.07) is 3.20. The van der Waals surface area contributed by atoms with Crippen LogP contribution in [0.2, 0.25) is 0 Å². The molecule has 0 radical (unpaired) electrons. The Morgan fingerprint density at radius 2 is 2.09 bits per heavy atom. The molecule has 4 aromatic rings. The highest BCUT2D eigenvalue weighted by Crippen LogP contribution is 2.36. The largest absolute Gasteiger partial charge is 0.461 e. The smallest absolute Gasteiger partial charge is 0.358 e. The maximum absolute atomic E-state index is 14.8. The number of hydrogen-bond acceptors (Lipinski definition) is 7. The van der Waals surface area contributed by atoms with Gasteiger partial charge in [-0.25, -0.2) is 33.0 Å². The van der Waals surface area contributed by atoms with Gasteiger partial charge in [-0.15, -0.1) is 0 Å². The third kappa shape index (κ3) is 4.00. The quantitative estimate of drug-likeness (QED) is 0.419. The van der Waals surface area contributed by atoms with Crippen molar-refractivity contribution in [3.63, 3.8) is 0 Å². The summed E-state index contributed by atoms with van der Waals surface area (Å²) >= 11 is 0. The summed E-state index contributed by atoms with van der Waals surface area (Å²) in [5, 5.41) is 15.7. The molecule has 0 bridgehead atoms. The molecular weight excluding hydrogens is 438 g/mol. The van der Waals surface area contributed by atoms with Gasteiger partial charge in [0, 0.05) is 24.0 Å². The van der Waals surface area contributed by atoms with E-state index in [1.54, 1.807) is 6.92 Å². The highest BCUT2D eigenvalue weighted by molar-refractivity contribution is 5.87. The predicted molar refractivity (Wildman–Crippen MR) is 110 cm³/mol. The molecule has 0 amide bonds. The van der Waals surface area contributed by atoms with Crippen LogP contribution in [0.4, 0.5) is 8.78 Å². The zero-order valence-electron chi connectivity index (χ0n) is 17.7. The lowest BCUT2D eigenvalue weighted by Crippen LogP contribution is -2.44. The molecule has 0 saturated heterocycles. The van der Waals surface area contributed by atoms with Crippen LogP contribution in [0, 0.1) is 11.6 Å². The number of halogens is 2. The van der Waals surface area contributed by atoms with Crippen molar-refractivity contribution in [3.8, 4) is 0 Å². The normalized spacial score (nSPS) is 14.2. The first-order chi connectivity index (χ1) is 15.7. The predicted octanol–water partition coefficient (Wildman–Crippen LogP) is 1.69. The van der Waals surface area contributed by atoms with Crippen molar-refractivity contribution in [2.45, 2.75) is 32.0 Å². The Bertz CT molecular complexity index is 1370. The van der Waals surface area contributed by atoms with E-state index >= 15 is 0 Å². The molecule has 0 aliphatic heterocycles. The van der Waals surface area contributed by atoms with Crippen molar-refractivity contribution >= 4 is 11.6 Å². The van der Waals surface area contributed by atoms with Crippen LogP contribution in [0.5, 0.6) is 0 Å². The fraction of sp³-hybridized carbons (Fsp3) is 0.286. The zero-order valence-corrected chi connectivity index (χ0v) is 17.7. The van der Waals surface area contributed by atoms with Crippen LogP contribution in [-0.4, -0.2) is 46.4 Å². The first-order valence-corrected chi connectivity index (χ1v) is 10.0. The van der Waals surface area contributed by atoms with Gasteiger partial charge in [0.25, 0.3) is 0 Å². The Kier molecular flexibility index (Phi) is 5.77. The fourth-order valence-electron chi connectivity index (χ4n) is 3.67. The summed E-state index contributed by atoms with van der Waals surface area (Å²) in [6.07, 6.45) is 5.17. The van der Waals surface area contributed by atoms with Crippen molar-refractivity contribution in [2.24, 2.45) is 0 Å². The average Bonchev–Trinajstić information content (AvgIpc) is 3.43. The van der Waals surface area contributed by atoms with Gasteiger partial charge in [-0.1, -0.05) is 6.07 Å². The number of imidazole rings is 1. The molecule has 12 heteroatoms. The average molecular weight is 458 g/mol. The number of aliphatic hydroxyl groups is 1. The van der Waals surface area contributed by atoms with Gasteiger partial charge in [0.15, 0.2) is 5.69 Å². The molecule has 1 N–H and O–H groups in total. The number of fused-ring (bicyclic) bond motifs is 1. The van der Waals surface area contributed by atoms with Gasteiger partial charge in [-0.2, -0.15) is 5.10 Å². The maximum atomic E-state index is 14.8. The van der Waals surface area contributed by atoms with E-state index < -0.39 is 34.9 Å². The van der Waals surface area contributed by atoms with E-state index in [0.29, 0.717) is 6.07 Å². The standard InChI is InChI=1S/C21H20F2N6O4/c1-3-33-19(30)17-9-29-18(26-17)6-7-28(20(29)31)13(2)21(32,10-27-12-24-11-25-27)15-5-4-14(22)8-16(15)23/h4-9,11-13,32H,3,10H2,1-2H3/t13-,21-/m1/s1. The summed E-state index contributed by atoms with van der Waals surface area (Å²) in [5.41, 5.74) is -2.76. The van der Waals surface area contributed by atoms with Crippen LogP contribution < -0.4 is 5.69 Å². The van der Waals surface area contributed by atoms with Gasteiger partial charge >= 0.3 is 11.7 Å². The lowest BCUT2D eigenvalue weighted by molar-refractivity contribution is -0.0346. The Hall–Kier alpha value is -3.93. The van der Waals surface area contributed by atoms with Crippen molar-refractivity contribution in [1.82, 2.24) is 28.7 Å². The number of benzene rings is 1. The zero-order chi connectivity index (χ0) is 23.8. The lowest BCUT2D eigenvalue weighted by Gasteiger charge is -2.35. The minimum absolute atomic E-state index is 0.0539. The number of carbonyl (C=O) groups is 1.